The largest absolute Gasteiger partial charge is 0.457 e. The molecular formula is C32H41N7O2. The third-order valence-electron chi connectivity index (χ3n) is 7.77. The van der Waals surface area contributed by atoms with E-state index in [1.807, 2.05) is 29.8 Å². The quantitative estimate of drug-likeness (QED) is 0.279. The fourth-order valence-electron chi connectivity index (χ4n) is 5.24. The van der Waals surface area contributed by atoms with Crippen LogP contribution in [0.15, 0.2) is 54.7 Å². The molecule has 1 saturated heterocycles. The molecule has 0 unspecified atom stereocenters. The van der Waals surface area contributed by atoms with Crippen LogP contribution in [-0.2, 0) is 13.5 Å². The highest BCUT2D eigenvalue weighted by Crippen LogP contribution is 2.30. The molecule has 0 bridgehead atoms. The number of carbonyl (C=O) groups excluding carboxylic acids is 1. The molecule has 0 spiro atoms. The van der Waals surface area contributed by atoms with E-state index in [-0.39, 0.29) is 5.91 Å². The predicted molar refractivity (Wildman–Crippen MR) is 164 cm³/mol. The van der Waals surface area contributed by atoms with Gasteiger partial charge in [0, 0.05) is 70.3 Å². The van der Waals surface area contributed by atoms with E-state index in [1.54, 1.807) is 18.3 Å². The zero-order valence-corrected chi connectivity index (χ0v) is 24.8. The average molecular weight is 556 g/mol. The van der Waals surface area contributed by atoms with Gasteiger partial charge < -0.3 is 24.8 Å². The van der Waals surface area contributed by atoms with Crippen molar-refractivity contribution in [2.45, 2.75) is 33.1 Å². The number of aryl methyl sites for hydroxylation is 2. The third kappa shape index (κ3) is 6.86. The zero-order valence-electron chi connectivity index (χ0n) is 24.8. The molecule has 9 nitrogen and oxygen atoms in total. The monoisotopic (exact) mass is 555 g/mol. The standard InChI is InChI=1S/C32H41N7O2/c1-6-23-7-8-24(19-27(23)22(2)3)35-32-36-28-20-25(9-10-30(28)38(32)5)41-26-11-12-33-29(21-26)31(40)34-13-14-39-17-15-37(4)16-18-39/h7-12,19-22H,6,13-18H2,1-5H3,(H,34,40)(H,35,36). The molecule has 0 atom stereocenters. The van der Waals surface area contributed by atoms with Gasteiger partial charge >= 0.3 is 0 Å². The number of likely N-dealkylation sites (N-methyl/N-ethyl adjacent to an activating group) is 1. The van der Waals surface area contributed by atoms with Crippen LogP contribution in [0.4, 0.5) is 11.6 Å². The molecule has 0 aliphatic carbocycles. The minimum atomic E-state index is -0.201. The van der Waals surface area contributed by atoms with Gasteiger partial charge in [0.2, 0.25) is 5.95 Å². The van der Waals surface area contributed by atoms with Crippen LogP contribution in [0.5, 0.6) is 11.5 Å². The fourth-order valence-corrected chi connectivity index (χ4v) is 5.24. The van der Waals surface area contributed by atoms with Gasteiger partial charge in [-0.2, -0.15) is 0 Å². The number of pyridine rings is 1. The highest BCUT2D eigenvalue weighted by molar-refractivity contribution is 5.92. The molecule has 1 aliphatic heterocycles. The highest BCUT2D eigenvalue weighted by atomic mass is 16.5. The van der Waals surface area contributed by atoms with Crippen molar-refractivity contribution < 1.29 is 9.53 Å². The third-order valence-corrected chi connectivity index (χ3v) is 7.77. The van der Waals surface area contributed by atoms with E-state index < -0.39 is 0 Å². The number of anilines is 2. The second kappa shape index (κ2) is 12.7. The Morgan fingerprint density at radius 3 is 2.54 bits per heavy atom. The van der Waals surface area contributed by atoms with Gasteiger partial charge in [-0.3, -0.25) is 14.7 Å². The molecular weight excluding hydrogens is 514 g/mol. The molecule has 3 heterocycles. The van der Waals surface area contributed by atoms with Gasteiger partial charge in [-0.25, -0.2) is 4.98 Å². The molecule has 1 amide bonds. The minimum absolute atomic E-state index is 0.201. The Labute approximate surface area is 242 Å². The summed E-state index contributed by atoms with van der Waals surface area (Å²) in [5.74, 6) is 2.21. The number of amides is 1. The number of hydrogen-bond acceptors (Lipinski definition) is 7. The Morgan fingerprint density at radius 1 is 1.00 bits per heavy atom. The summed E-state index contributed by atoms with van der Waals surface area (Å²) in [6, 6.07) is 15.8. The number of hydrogen-bond donors (Lipinski definition) is 2. The van der Waals surface area contributed by atoms with Gasteiger partial charge in [0.05, 0.1) is 11.0 Å². The summed E-state index contributed by atoms with van der Waals surface area (Å²) in [6.45, 7) is 12.2. The lowest BCUT2D eigenvalue weighted by molar-refractivity contribution is 0.0935. The molecule has 41 heavy (non-hydrogen) atoms. The number of ether oxygens (including phenoxy) is 1. The van der Waals surface area contributed by atoms with Gasteiger partial charge in [-0.05, 0) is 60.8 Å². The highest BCUT2D eigenvalue weighted by Gasteiger charge is 2.15. The van der Waals surface area contributed by atoms with Crippen molar-refractivity contribution in [1.29, 1.82) is 0 Å². The Hall–Kier alpha value is -3.95. The Morgan fingerprint density at radius 2 is 1.78 bits per heavy atom. The molecule has 2 aromatic carbocycles. The lowest BCUT2D eigenvalue weighted by Gasteiger charge is -2.32. The summed E-state index contributed by atoms with van der Waals surface area (Å²) >= 11 is 0. The van der Waals surface area contributed by atoms with Crippen LogP contribution in [0.25, 0.3) is 11.0 Å². The van der Waals surface area contributed by atoms with Gasteiger partial charge in [-0.1, -0.05) is 26.8 Å². The molecule has 1 aliphatic rings. The van der Waals surface area contributed by atoms with Gasteiger partial charge in [0.25, 0.3) is 5.91 Å². The first-order valence-corrected chi connectivity index (χ1v) is 14.5. The summed E-state index contributed by atoms with van der Waals surface area (Å²) in [5, 5.41) is 6.48. The van der Waals surface area contributed by atoms with Crippen LogP contribution >= 0.6 is 0 Å². The van der Waals surface area contributed by atoms with E-state index in [1.165, 1.54) is 11.1 Å². The van der Waals surface area contributed by atoms with Crippen molar-refractivity contribution in [3.05, 3.63) is 71.5 Å². The van der Waals surface area contributed by atoms with Crippen LogP contribution in [-0.4, -0.2) is 76.6 Å². The number of benzene rings is 2. The minimum Gasteiger partial charge on any atom is -0.457 e. The van der Waals surface area contributed by atoms with E-state index in [0.717, 1.165) is 61.8 Å². The topological polar surface area (TPSA) is 87.6 Å². The SMILES string of the molecule is CCc1ccc(Nc2nc3cc(Oc4ccnc(C(=O)NCCN5CCN(C)CC5)c4)ccc3n2C)cc1C(C)C. The maximum absolute atomic E-state index is 12.7. The van der Waals surface area contributed by atoms with E-state index in [0.29, 0.717) is 29.7 Å². The first-order chi connectivity index (χ1) is 19.8. The number of imidazole rings is 1. The Kier molecular flexibility index (Phi) is 8.85. The Balaban J connectivity index is 1.24. The lowest BCUT2D eigenvalue weighted by Crippen LogP contribution is -2.46. The van der Waals surface area contributed by atoms with Gasteiger partial charge in [0.15, 0.2) is 0 Å². The van der Waals surface area contributed by atoms with Crippen LogP contribution in [0.1, 0.15) is 48.3 Å². The van der Waals surface area contributed by atoms with Crippen molar-refractivity contribution >= 4 is 28.6 Å². The molecule has 216 valence electrons. The summed E-state index contributed by atoms with van der Waals surface area (Å²) < 4.78 is 8.16. The van der Waals surface area contributed by atoms with E-state index in [9.17, 15) is 4.79 Å². The Bertz CT molecular complexity index is 1510. The predicted octanol–water partition coefficient (Wildman–Crippen LogP) is 5.17. The lowest BCUT2D eigenvalue weighted by atomic mass is 9.95. The van der Waals surface area contributed by atoms with E-state index >= 15 is 0 Å². The summed E-state index contributed by atoms with van der Waals surface area (Å²) in [5.41, 5.74) is 5.89. The average Bonchev–Trinajstić information content (AvgIpc) is 3.28. The second-order valence-electron chi connectivity index (χ2n) is 11.1. The fraction of sp³-hybridized carbons (Fsp3) is 0.406. The summed E-state index contributed by atoms with van der Waals surface area (Å²) in [6.07, 6.45) is 2.62. The van der Waals surface area contributed by atoms with Crippen molar-refractivity contribution in [1.82, 2.24) is 29.7 Å². The molecule has 0 radical (unpaired) electrons. The number of rotatable bonds is 10. The summed E-state index contributed by atoms with van der Waals surface area (Å²) in [7, 11) is 4.14. The van der Waals surface area contributed by atoms with Crippen molar-refractivity contribution in [3.8, 4) is 11.5 Å². The number of aromatic nitrogens is 3. The van der Waals surface area contributed by atoms with Crippen LogP contribution < -0.4 is 15.4 Å². The molecule has 2 aromatic heterocycles. The molecule has 0 saturated carbocycles. The first kappa shape index (κ1) is 28.6. The normalized spacial score (nSPS) is 14.5. The molecule has 2 N–H and O–H groups in total. The second-order valence-corrected chi connectivity index (χ2v) is 11.1. The molecule has 4 aromatic rings. The number of nitrogens with zero attached hydrogens (tertiary/aromatic N) is 5. The first-order valence-electron chi connectivity index (χ1n) is 14.5. The number of nitrogens with one attached hydrogen (secondary N) is 2. The van der Waals surface area contributed by atoms with Gasteiger partial charge in [-0.15, -0.1) is 0 Å². The maximum Gasteiger partial charge on any atom is 0.270 e. The smallest absolute Gasteiger partial charge is 0.270 e. The molecule has 5 rings (SSSR count). The van der Waals surface area contributed by atoms with Gasteiger partial charge in [0.1, 0.15) is 17.2 Å². The number of piperazine rings is 1. The number of carbonyl (C=O) groups is 1. The van der Waals surface area contributed by atoms with Crippen LogP contribution in [0.2, 0.25) is 0 Å². The molecule has 1 fully saturated rings. The van der Waals surface area contributed by atoms with Crippen LogP contribution in [0, 0.1) is 0 Å². The maximum atomic E-state index is 12.7. The number of fused-ring (bicyclic) bond motifs is 1. The van der Waals surface area contributed by atoms with Crippen LogP contribution in [0.3, 0.4) is 0 Å². The zero-order chi connectivity index (χ0) is 28.9. The van der Waals surface area contributed by atoms with E-state index in [2.05, 4.69) is 71.4 Å². The van der Waals surface area contributed by atoms with Crippen molar-refractivity contribution in [2.75, 3.05) is 51.6 Å². The summed E-state index contributed by atoms with van der Waals surface area (Å²) in [4.78, 5) is 26.5. The van der Waals surface area contributed by atoms with Crippen molar-refractivity contribution in [3.63, 3.8) is 0 Å². The molecule has 9 heteroatoms. The van der Waals surface area contributed by atoms with E-state index in [4.69, 9.17) is 9.72 Å². The van der Waals surface area contributed by atoms with Crippen molar-refractivity contribution in [2.24, 2.45) is 7.05 Å².